The van der Waals surface area contributed by atoms with Gasteiger partial charge in [-0.3, -0.25) is 9.55 Å². The van der Waals surface area contributed by atoms with Crippen LogP contribution in [-0.4, -0.2) is 30.7 Å². The van der Waals surface area contributed by atoms with E-state index in [2.05, 4.69) is 229 Å². The maximum absolute atomic E-state index is 5.11. The number of benzene rings is 8. The van der Waals surface area contributed by atoms with Crippen LogP contribution in [0, 0.1) is 0 Å². The molecule has 4 heterocycles. The Hall–Kier alpha value is -7.36. The van der Waals surface area contributed by atoms with Gasteiger partial charge in [-0.1, -0.05) is 200 Å². The number of aromatic nitrogens is 3. The van der Waals surface area contributed by atoms with Gasteiger partial charge in [-0.2, -0.15) is 0 Å². The molecule has 0 spiro atoms. The van der Waals surface area contributed by atoms with E-state index >= 15 is 0 Å². The largest absolute Gasteiger partial charge is 0.294 e. The Morgan fingerprint density at radius 1 is 0.391 bits per heavy atom. The maximum Gasteiger partial charge on any atom is 0.181 e. The molecule has 0 N–H and O–H groups in total. The van der Waals surface area contributed by atoms with Crippen molar-refractivity contribution in [3.05, 3.63) is 249 Å². The van der Waals surface area contributed by atoms with Crippen LogP contribution in [0.2, 0.25) is 0 Å². The lowest BCUT2D eigenvalue weighted by atomic mass is 10.1. The zero-order valence-electron chi connectivity index (χ0n) is 34.9. The van der Waals surface area contributed by atoms with Crippen LogP contribution in [-0.2, 0) is 0 Å². The number of hydrogen-bond acceptors (Lipinski definition) is 3. The predicted octanol–water partition coefficient (Wildman–Crippen LogP) is 8.46. The molecule has 0 radical (unpaired) electrons. The van der Waals surface area contributed by atoms with E-state index in [1.165, 1.54) is 62.1 Å². The molecule has 0 amide bonds. The van der Waals surface area contributed by atoms with Gasteiger partial charge < -0.3 is 0 Å². The second kappa shape index (κ2) is 15.8. The number of hydrogen-bond donors (Lipinski definition) is 0. The van der Waals surface area contributed by atoms with E-state index in [0.29, 0.717) is 0 Å². The highest BCUT2D eigenvalue weighted by molar-refractivity contribution is 8.00. The fourth-order valence-electron chi connectivity index (χ4n) is 10.5. The predicted molar refractivity (Wildman–Crippen MR) is 273 cm³/mol. The van der Waals surface area contributed by atoms with Gasteiger partial charge in [0.15, 0.2) is 16.1 Å². The number of pyridine rings is 2. The molecule has 8 aromatic carbocycles. The molecule has 0 aliphatic carbocycles. The Labute approximate surface area is 379 Å². The first-order chi connectivity index (χ1) is 31.7. The van der Waals surface area contributed by atoms with Crippen LogP contribution in [0.5, 0.6) is 0 Å². The summed E-state index contributed by atoms with van der Waals surface area (Å²) in [6, 6.07) is 88.1. The topological polar surface area (TPSA) is 30.7 Å². The van der Waals surface area contributed by atoms with Crippen molar-refractivity contribution >= 4 is 91.2 Å². The first-order valence-electron chi connectivity index (χ1n) is 21.8. The summed E-state index contributed by atoms with van der Waals surface area (Å²) in [5, 5.41) is 13.3. The van der Waals surface area contributed by atoms with Crippen molar-refractivity contribution in [2.24, 2.45) is 0 Å². The summed E-state index contributed by atoms with van der Waals surface area (Å²) in [7, 11) is -5.82. The van der Waals surface area contributed by atoms with Crippen LogP contribution >= 0.6 is 11.8 Å². The van der Waals surface area contributed by atoms with E-state index in [1.807, 2.05) is 36.3 Å². The molecule has 0 unspecified atom stereocenters. The van der Waals surface area contributed by atoms with Crippen LogP contribution in [0.1, 0.15) is 0 Å². The normalized spacial score (nSPS) is 13.1. The van der Waals surface area contributed by atoms with Gasteiger partial charge in [0.05, 0.1) is 16.7 Å². The smallest absolute Gasteiger partial charge is 0.181 e. The van der Waals surface area contributed by atoms with Gasteiger partial charge in [-0.15, -0.1) is 0 Å². The highest BCUT2D eigenvalue weighted by atomic mass is 32.2. The van der Waals surface area contributed by atoms with E-state index in [4.69, 9.17) is 9.97 Å². The molecule has 64 heavy (non-hydrogen) atoms. The zero-order chi connectivity index (χ0) is 42.5. The fraction of sp³-hybridized carbons (Fsp3) is 0. The molecule has 0 saturated heterocycles. The molecular formula is C58H41N3SSi2. The molecule has 3 nitrogen and oxygen atoms in total. The minimum absolute atomic E-state index is 0.902. The summed E-state index contributed by atoms with van der Waals surface area (Å²) in [4.78, 5) is 12.6. The Morgan fingerprint density at radius 2 is 0.969 bits per heavy atom. The highest BCUT2D eigenvalue weighted by Crippen LogP contribution is 2.39. The average molecular weight is 868 g/mol. The first kappa shape index (κ1) is 38.3. The first-order valence-corrected chi connectivity index (χ1v) is 26.6. The summed E-state index contributed by atoms with van der Waals surface area (Å²) in [6.07, 6.45) is 3.80. The lowest BCUT2D eigenvalue weighted by Crippen LogP contribution is -2.76. The lowest BCUT2D eigenvalue weighted by molar-refractivity contribution is 1.08. The highest BCUT2D eigenvalue weighted by Gasteiger charge is 2.47. The summed E-state index contributed by atoms with van der Waals surface area (Å²) in [5.74, 6) is 0.902. The molecule has 1 aliphatic rings. The molecule has 12 rings (SSSR count). The Bertz CT molecular complexity index is 3380. The minimum Gasteiger partial charge on any atom is -0.294 e. The van der Waals surface area contributed by atoms with Gasteiger partial charge >= 0.3 is 0 Å². The fourth-order valence-corrected chi connectivity index (χ4v) is 22.3. The third kappa shape index (κ3) is 5.94. The van der Waals surface area contributed by atoms with Crippen LogP contribution in [0.15, 0.2) is 259 Å². The third-order valence-electron chi connectivity index (χ3n) is 13.2. The average Bonchev–Trinajstić information content (AvgIpc) is 3.69. The van der Waals surface area contributed by atoms with E-state index in [1.54, 1.807) is 0 Å². The molecule has 0 atom stereocenters. The standard InChI is InChI=1S/C58H41N3SSi2/c1-5-21-43(22-6-1)63(44-23-7-2-8-24-44,47-29-19-20-42(38-47)51-30-15-17-36-59-51)48-34-35-49-50-40-55-57(41-53(50)61(52(49)39-48)58-33-16-18-37-60-58)64(45-25-9-3-10-26-45,46-27-11-4-12-28-46)56-32-14-13-31-54(56)62-55/h1-41H. The summed E-state index contributed by atoms with van der Waals surface area (Å²) >= 11 is 1.91. The summed E-state index contributed by atoms with van der Waals surface area (Å²) in [6.45, 7) is 0. The minimum atomic E-state index is -2.99. The summed E-state index contributed by atoms with van der Waals surface area (Å²) < 4.78 is 2.44. The zero-order valence-corrected chi connectivity index (χ0v) is 37.7. The second-order valence-electron chi connectivity index (χ2n) is 16.5. The van der Waals surface area contributed by atoms with Crippen LogP contribution in [0.4, 0.5) is 0 Å². The van der Waals surface area contributed by atoms with Crippen molar-refractivity contribution in [1.29, 1.82) is 0 Å². The van der Waals surface area contributed by atoms with Crippen molar-refractivity contribution in [3.63, 3.8) is 0 Å². The van der Waals surface area contributed by atoms with E-state index < -0.39 is 16.1 Å². The molecule has 0 saturated carbocycles. The Kier molecular flexibility index (Phi) is 9.44. The number of nitrogens with zero attached hydrogens (tertiary/aromatic N) is 3. The maximum atomic E-state index is 5.11. The van der Waals surface area contributed by atoms with E-state index in [-0.39, 0.29) is 0 Å². The molecule has 3 aromatic heterocycles. The molecule has 0 bridgehead atoms. The molecule has 0 fully saturated rings. The van der Waals surface area contributed by atoms with Gasteiger partial charge in [0.2, 0.25) is 0 Å². The van der Waals surface area contributed by atoms with Crippen LogP contribution in [0.25, 0.3) is 38.9 Å². The van der Waals surface area contributed by atoms with Gasteiger partial charge in [-0.05, 0) is 90.0 Å². The Balaban J connectivity index is 1.20. The molecule has 302 valence electrons. The van der Waals surface area contributed by atoms with Crippen molar-refractivity contribution in [3.8, 4) is 17.1 Å². The van der Waals surface area contributed by atoms with Crippen LogP contribution < -0.4 is 41.5 Å². The monoisotopic (exact) mass is 867 g/mol. The van der Waals surface area contributed by atoms with Crippen molar-refractivity contribution < 1.29 is 0 Å². The second-order valence-corrected chi connectivity index (χ2v) is 25.1. The van der Waals surface area contributed by atoms with Gasteiger partial charge in [-0.25, -0.2) is 4.98 Å². The summed E-state index contributed by atoms with van der Waals surface area (Å²) in [5.41, 5.74) is 4.39. The van der Waals surface area contributed by atoms with E-state index in [9.17, 15) is 0 Å². The third-order valence-corrected chi connectivity index (χ3v) is 24.3. The van der Waals surface area contributed by atoms with Gasteiger partial charge in [0.25, 0.3) is 0 Å². The number of rotatable bonds is 8. The Morgan fingerprint density at radius 3 is 1.62 bits per heavy atom. The van der Waals surface area contributed by atoms with Crippen molar-refractivity contribution in [2.75, 3.05) is 0 Å². The lowest BCUT2D eigenvalue weighted by Gasteiger charge is -2.40. The van der Waals surface area contributed by atoms with Crippen molar-refractivity contribution in [2.45, 2.75) is 9.79 Å². The van der Waals surface area contributed by atoms with Crippen LogP contribution in [0.3, 0.4) is 0 Å². The quantitative estimate of drug-likeness (QED) is 0.114. The SMILES string of the molecule is c1ccc([Si](c2ccccc2)(c2cccc(-c3ccccn3)c2)c2ccc3c4cc5c(cc4n(-c4ccccn4)c3c2)[Si](c2ccccc2)(c2ccccc2)c2ccccc2S5)cc1. The van der Waals surface area contributed by atoms with Gasteiger partial charge in [0, 0.05) is 38.5 Å². The molecule has 11 aromatic rings. The van der Waals surface area contributed by atoms with Gasteiger partial charge in [0.1, 0.15) is 5.82 Å². The molecular weight excluding hydrogens is 827 g/mol. The van der Waals surface area contributed by atoms with Crippen molar-refractivity contribution in [1.82, 2.24) is 14.5 Å². The molecule has 1 aliphatic heterocycles. The molecule has 6 heteroatoms. The number of fused-ring (bicyclic) bond motifs is 5. The van der Waals surface area contributed by atoms with E-state index in [0.717, 1.165) is 28.1 Å².